The maximum absolute atomic E-state index is 5.62. The molecule has 0 bridgehead atoms. The molecule has 24 heavy (non-hydrogen) atoms. The number of rotatable bonds is 5. The molecule has 128 valence electrons. The van der Waals surface area contributed by atoms with Crippen LogP contribution in [0.15, 0.2) is 29.8 Å². The van der Waals surface area contributed by atoms with Crippen LogP contribution in [0.3, 0.4) is 0 Å². The highest BCUT2D eigenvalue weighted by Crippen LogP contribution is 2.40. The molecule has 1 saturated heterocycles. The Morgan fingerprint density at radius 2 is 2.08 bits per heavy atom. The zero-order valence-corrected chi connectivity index (χ0v) is 14.6. The minimum Gasteiger partial charge on any atom is -0.454 e. The van der Waals surface area contributed by atoms with Crippen LogP contribution in [0.5, 0.6) is 11.5 Å². The quantitative estimate of drug-likeness (QED) is 0.900. The van der Waals surface area contributed by atoms with Crippen LogP contribution in [-0.4, -0.2) is 31.5 Å². The Labute approximate surface area is 146 Å². The van der Waals surface area contributed by atoms with Crippen molar-refractivity contribution in [3.05, 3.63) is 40.3 Å². The summed E-state index contributed by atoms with van der Waals surface area (Å²) in [5.41, 5.74) is 1.36. The third-order valence-corrected chi connectivity index (χ3v) is 5.96. The summed E-state index contributed by atoms with van der Waals surface area (Å²) in [4.78, 5) is 4.42. The van der Waals surface area contributed by atoms with Gasteiger partial charge >= 0.3 is 0 Å². The summed E-state index contributed by atoms with van der Waals surface area (Å²) in [5.74, 6) is 1.69. The molecule has 3 heterocycles. The number of fused-ring (bicyclic) bond motifs is 1. The van der Waals surface area contributed by atoms with Gasteiger partial charge in [0.1, 0.15) is 5.01 Å². The summed E-state index contributed by atoms with van der Waals surface area (Å²) in [5, 5.41) is 6.83. The van der Waals surface area contributed by atoms with Crippen molar-refractivity contribution in [2.45, 2.75) is 31.2 Å². The number of thiazole rings is 1. The topological polar surface area (TPSA) is 52.6 Å². The predicted molar refractivity (Wildman–Crippen MR) is 92.8 cm³/mol. The maximum Gasteiger partial charge on any atom is 0.231 e. The molecule has 1 aromatic carbocycles. The number of nitrogens with one attached hydrogen (secondary N) is 1. The van der Waals surface area contributed by atoms with E-state index in [-0.39, 0.29) is 11.5 Å². The average molecular weight is 346 g/mol. The second kappa shape index (κ2) is 6.70. The second-order valence-corrected chi connectivity index (χ2v) is 7.36. The van der Waals surface area contributed by atoms with Crippen LogP contribution in [0.1, 0.15) is 36.4 Å². The number of benzene rings is 1. The summed E-state index contributed by atoms with van der Waals surface area (Å²) < 4.78 is 16.7. The van der Waals surface area contributed by atoms with E-state index in [1.165, 1.54) is 5.56 Å². The maximum atomic E-state index is 5.62. The zero-order chi connectivity index (χ0) is 16.4. The highest BCUT2D eigenvalue weighted by Gasteiger charge is 2.36. The van der Waals surface area contributed by atoms with Crippen LogP contribution >= 0.6 is 11.3 Å². The van der Waals surface area contributed by atoms with E-state index in [1.54, 1.807) is 11.3 Å². The molecular formula is C18H22N2O3S. The second-order valence-electron chi connectivity index (χ2n) is 6.43. The molecule has 2 aliphatic heterocycles. The predicted octanol–water partition coefficient (Wildman–Crippen LogP) is 3.27. The molecule has 2 aliphatic rings. The van der Waals surface area contributed by atoms with Crippen LogP contribution in [0, 0.1) is 0 Å². The Bertz CT molecular complexity index is 684. The van der Waals surface area contributed by atoms with Gasteiger partial charge < -0.3 is 19.5 Å². The molecule has 1 fully saturated rings. The fourth-order valence-corrected chi connectivity index (χ4v) is 4.11. The third kappa shape index (κ3) is 3.01. The summed E-state index contributed by atoms with van der Waals surface area (Å²) in [6.45, 7) is 4.97. The van der Waals surface area contributed by atoms with E-state index in [0.717, 1.165) is 49.1 Å². The van der Waals surface area contributed by atoms with Gasteiger partial charge in [0.25, 0.3) is 0 Å². The number of hydrogen-bond donors (Lipinski definition) is 1. The smallest absolute Gasteiger partial charge is 0.231 e. The van der Waals surface area contributed by atoms with Gasteiger partial charge in [-0.3, -0.25) is 0 Å². The molecule has 1 N–H and O–H groups in total. The SMILES string of the molecule is CC(NCC1(c2ccc3c(c2)OCO3)CCOCC1)c1nccs1. The van der Waals surface area contributed by atoms with Gasteiger partial charge in [0.2, 0.25) is 6.79 Å². The molecule has 6 heteroatoms. The first kappa shape index (κ1) is 15.9. The lowest BCUT2D eigenvalue weighted by Gasteiger charge is -2.38. The fraction of sp³-hybridized carbons (Fsp3) is 0.500. The summed E-state index contributed by atoms with van der Waals surface area (Å²) >= 11 is 1.69. The Kier molecular flexibility index (Phi) is 4.43. The molecule has 1 unspecified atom stereocenters. The zero-order valence-electron chi connectivity index (χ0n) is 13.8. The number of nitrogens with zero attached hydrogens (tertiary/aromatic N) is 1. The summed E-state index contributed by atoms with van der Waals surface area (Å²) in [6, 6.07) is 6.59. The van der Waals surface area contributed by atoms with E-state index in [0.29, 0.717) is 6.79 Å². The van der Waals surface area contributed by atoms with E-state index in [1.807, 2.05) is 17.6 Å². The normalized spacial score (nSPS) is 20.0. The van der Waals surface area contributed by atoms with Crippen LogP contribution in [0.2, 0.25) is 0 Å². The summed E-state index contributed by atoms with van der Waals surface area (Å²) in [6.07, 6.45) is 3.87. The van der Waals surface area contributed by atoms with Crippen LogP contribution in [-0.2, 0) is 10.2 Å². The van der Waals surface area contributed by atoms with Crippen molar-refractivity contribution in [2.24, 2.45) is 0 Å². The molecule has 0 radical (unpaired) electrons. The Morgan fingerprint density at radius 1 is 1.25 bits per heavy atom. The van der Waals surface area contributed by atoms with Gasteiger partial charge in [0.15, 0.2) is 11.5 Å². The van der Waals surface area contributed by atoms with Gasteiger partial charge in [-0.05, 0) is 37.5 Å². The summed E-state index contributed by atoms with van der Waals surface area (Å²) in [7, 11) is 0. The van der Waals surface area contributed by atoms with E-state index in [9.17, 15) is 0 Å². The van der Waals surface area contributed by atoms with Crippen LogP contribution in [0.25, 0.3) is 0 Å². The van der Waals surface area contributed by atoms with Crippen LogP contribution in [0.4, 0.5) is 0 Å². The molecule has 0 spiro atoms. The molecule has 1 aromatic heterocycles. The van der Waals surface area contributed by atoms with Gasteiger partial charge in [-0.1, -0.05) is 6.07 Å². The first-order chi connectivity index (χ1) is 11.8. The van der Waals surface area contributed by atoms with Crippen molar-refractivity contribution in [3.8, 4) is 11.5 Å². The molecule has 0 saturated carbocycles. The van der Waals surface area contributed by atoms with Crippen molar-refractivity contribution < 1.29 is 14.2 Å². The first-order valence-corrected chi connectivity index (χ1v) is 9.25. The van der Waals surface area contributed by atoms with Crippen molar-refractivity contribution in [1.82, 2.24) is 10.3 Å². The standard InChI is InChI=1S/C18H22N2O3S/c1-13(17-19-6-9-24-17)20-11-18(4-7-21-8-5-18)14-2-3-15-16(10-14)23-12-22-15/h2-3,6,9-10,13,20H,4-5,7-8,11-12H2,1H3. The highest BCUT2D eigenvalue weighted by molar-refractivity contribution is 7.09. The van der Waals surface area contributed by atoms with E-state index >= 15 is 0 Å². The van der Waals surface area contributed by atoms with Gasteiger partial charge in [0.05, 0.1) is 6.04 Å². The molecular weight excluding hydrogens is 324 g/mol. The van der Waals surface area contributed by atoms with Crippen molar-refractivity contribution in [2.75, 3.05) is 26.6 Å². The first-order valence-electron chi connectivity index (χ1n) is 8.37. The molecule has 0 aliphatic carbocycles. The minimum atomic E-state index is 0.0603. The van der Waals surface area contributed by atoms with Crippen molar-refractivity contribution in [3.63, 3.8) is 0 Å². The lowest BCUT2D eigenvalue weighted by Crippen LogP contribution is -2.43. The van der Waals surface area contributed by atoms with E-state index in [2.05, 4.69) is 29.4 Å². The molecule has 1 atom stereocenters. The lowest BCUT2D eigenvalue weighted by atomic mass is 9.74. The number of ether oxygens (including phenoxy) is 3. The van der Waals surface area contributed by atoms with Crippen LogP contribution < -0.4 is 14.8 Å². The Hall–Kier alpha value is -1.63. The molecule has 5 nitrogen and oxygen atoms in total. The van der Waals surface area contributed by atoms with Gasteiger partial charge in [-0.2, -0.15) is 0 Å². The van der Waals surface area contributed by atoms with Gasteiger partial charge in [-0.15, -0.1) is 11.3 Å². The Morgan fingerprint density at radius 3 is 2.88 bits per heavy atom. The number of hydrogen-bond acceptors (Lipinski definition) is 6. The molecule has 0 amide bonds. The average Bonchev–Trinajstić information content (AvgIpc) is 3.31. The number of aromatic nitrogens is 1. The Balaban J connectivity index is 1.56. The third-order valence-electron chi connectivity index (χ3n) is 5.00. The minimum absolute atomic E-state index is 0.0603. The monoisotopic (exact) mass is 346 g/mol. The fourth-order valence-electron chi connectivity index (χ4n) is 3.44. The molecule has 4 rings (SSSR count). The highest BCUT2D eigenvalue weighted by atomic mass is 32.1. The van der Waals surface area contributed by atoms with Crippen molar-refractivity contribution >= 4 is 11.3 Å². The lowest BCUT2D eigenvalue weighted by molar-refractivity contribution is 0.0489. The largest absolute Gasteiger partial charge is 0.454 e. The van der Waals surface area contributed by atoms with Gasteiger partial charge in [-0.25, -0.2) is 4.98 Å². The van der Waals surface area contributed by atoms with E-state index < -0.39 is 0 Å². The van der Waals surface area contributed by atoms with Crippen molar-refractivity contribution in [1.29, 1.82) is 0 Å². The van der Waals surface area contributed by atoms with E-state index in [4.69, 9.17) is 14.2 Å². The molecule has 2 aromatic rings. The van der Waals surface area contributed by atoms with Gasteiger partial charge in [0, 0.05) is 36.8 Å².